The first-order valence-electron chi connectivity index (χ1n) is 13.6. The molecule has 2 aromatic carbocycles. The van der Waals surface area contributed by atoms with Gasteiger partial charge in [-0.05, 0) is 48.2 Å². The summed E-state index contributed by atoms with van der Waals surface area (Å²) >= 11 is 12.3. The fourth-order valence-corrected chi connectivity index (χ4v) is 4.39. The third-order valence-corrected chi connectivity index (χ3v) is 7.21. The fraction of sp³-hybridized carbons (Fsp3) is 0.312. The second-order valence-electron chi connectivity index (χ2n) is 10.1. The molecule has 1 heterocycles. The van der Waals surface area contributed by atoms with Crippen LogP contribution in [0.4, 0.5) is 0 Å². The predicted molar refractivity (Wildman–Crippen MR) is 165 cm³/mol. The average Bonchev–Trinajstić information content (AvgIpc) is 2.97. The van der Waals surface area contributed by atoms with E-state index in [2.05, 4.69) is 15.6 Å². The maximum Gasteiger partial charge on any atom is 0.313 e. The van der Waals surface area contributed by atoms with E-state index in [0.717, 1.165) is 16.7 Å². The molecule has 8 nitrogen and oxygen atoms in total. The lowest BCUT2D eigenvalue weighted by molar-refractivity contribution is -0.137. The van der Waals surface area contributed by atoms with E-state index in [4.69, 9.17) is 32.7 Å². The number of hydrogen-bond acceptors (Lipinski definition) is 6. The summed E-state index contributed by atoms with van der Waals surface area (Å²) in [5, 5.41) is 6.96. The SMILES string of the molecule is CC[C@H](C)[C@H](NC(=O)c1nccc(OC)c1OC(=O)C(C)C)C(=O)NC(C)=C(c1ccc(Cl)cc1)c1ccc(Cl)cc1. The second kappa shape index (κ2) is 14.8. The summed E-state index contributed by atoms with van der Waals surface area (Å²) in [7, 11) is 1.40. The first-order chi connectivity index (χ1) is 20.0. The summed E-state index contributed by atoms with van der Waals surface area (Å²) < 4.78 is 10.8. The van der Waals surface area contributed by atoms with E-state index in [1.54, 1.807) is 45.0 Å². The number of esters is 1. The molecule has 42 heavy (non-hydrogen) atoms. The van der Waals surface area contributed by atoms with Gasteiger partial charge in [-0.15, -0.1) is 0 Å². The highest BCUT2D eigenvalue weighted by Gasteiger charge is 2.30. The zero-order valence-corrected chi connectivity index (χ0v) is 26.0. The number of amides is 2. The standard InChI is InChI=1S/C32H35Cl2N3O5/c1-7-19(4)27(37-31(39)28-29(42-32(40)18(2)3)25(41-6)16-17-35-28)30(38)36-20(5)26(21-8-12-23(33)13-9-21)22-10-14-24(34)15-11-22/h8-19,27H,7H2,1-6H3,(H,36,38)(H,37,39)/t19-,27-/m0/s1. The van der Waals surface area contributed by atoms with Gasteiger partial charge in [0, 0.05) is 33.6 Å². The number of ether oxygens (including phenoxy) is 2. The number of carbonyl (C=O) groups is 3. The van der Waals surface area contributed by atoms with Crippen LogP contribution in [-0.4, -0.2) is 35.9 Å². The number of hydrogen-bond donors (Lipinski definition) is 2. The Balaban J connectivity index is 1.98. The molecule has 222 valence electrons. The summed E-state index contributed by atoms with van der Waals surface area (Å²) in [6, 6.07) is 15.1. The van der Waals surface area contributed by atoms with Crippen LogP contribution in [0, 0.1) is 11.8 Å². The molecule has 0 unspecified atom stereocenters. The summed E-state index contributed by atoms with van der Waals surface area (Å²) in [4.78, 5) is 43.8. The Morgan fingerprint density at radius 1 is 0.905 bits per heavy atom. The van der Waals surface area contributed by atoms with Crippen molar-refractivity contribution in [1.82, 2.24) is 15.6 Å². The number of nitrogens with zero attached hydrogens (tertiary/aromatic N) is 1. The minimum absolute atomic E-state index is 0.108. The van der Waals surface area contributed by atoms with Crippen molar-refractivity contribution in [3.05, 3.63) is 93.4 Å². The zero-order chi connectivity index (χ0) is 31.0. The van der Waals surface area contributed by atoms with Crippen molar-refractivity contribution >= 4 is 46.6 Å². The monoisotopic (exact) mass is 611 g/mol. The van der Waals surface area contributed by atoms with Gasteiger partial charge in [0.05, 0.1) is 13.0 Å². The molecular formula is C32H35Cl2N3O5. The van der Waals surface area contributed by atoms with Crippen molar-refractivity contribution in [3.8, 4) is 11.5 Å². The predicted octanol–water partition coefficient (Wildman–Crippen LogP) is 6.70. The number of methoxy groups -OCH3 is 1. The highest BCUT2D eigenvalue weighted by Crippen LogP contribution is 2.31. The molecule has 2 N–H and O–H groups in total. The third kappa shape index (κ3) is 8.11. The van der Waals surface area contributed by atoms with E-state index >= 15 is 0 Å². The molecule has 0 saturated heterocycles. The molecule has 0 radical (unpaired) electrons. The number of pyridine rings is 1. The van der Waals surface area contributed by atoms with Gasteiger partial charge in [-0.1, -0.05) is 81.6 Å². The quantitative estimate of drug-likeness (QED) is 0.234. The van der Waals surface area contributed by atoms with E-state index in [9.17, 15) is 14.4 Å². The highest BCUT2D eigenvalue weighted by molar-refractivity contribution is 6.31. The number of halogens is 2. The van der Waals surface area contributed by atoms with Crippen LogP contribution in [0.1, 0.15) is 62.7 Å². The van der Waals surface area contributed by atoms with Gasteiger partial charge in [-0.3, -0.25) is 14.4 Å². The number of benzene rings is 2. The van der Waals surface area contributed by atoms with Crippen LogP contribution < -0.4 is 20.1 Å². The average molecular weight is 613 g/mol. The third-order valence-electron chi connectivity index (χ3n) is 6.71. The van der Waals surface area contributed by atoms with Crippen molar-refractivity contribution in [2.45, 2.75) is 47.1 Å². The maximum atomic E-state index is 13.7. The van der Waals surface area contributed by atoms with Crippen LogP contribution in [0.25, 0.3) is 5.57 Å². The van der Waals surface area contributed by atoms with Gasteiger partial charge in [0.25, 0.3) is 5.91 Å². The molecule has 0 aliphatic rings. The lowest BCUT2D eigenvalue weighted by Crippen LogP contribution is -2.50. The normalized spacial score (nSPS) is 12.2. The number of rotatable bonds is 11. The molecule has 1 aromatic heterocycles. The summed E-state index contributed by atoms with van der Waals surface area (Å²) in [6.45, 7) is 8.92. The summed E-state index contributed by atoms with van der Waals surface area (Å²) in [6.07, 6.45) is 1.97. The van der Waals surface area contributed by atoms with E-state index in [-0.39, 0.29) is 23.1 Å². The summed E-state index contributed by atoms with van der Waals surface area (Å²) in [5.41, 5.74) is 2.84. The molecule has 0 fully saturated rings. The number of carbonyl (C=O) groups excluding carboxylic acids is 3. The minimum Gasteiger partial charge on any atom is -0.493 e. The molecular weight excluding hydrogens is 577 g/mol. The number of aromatic nitrogens is 1. The Kier molecular flexibility index (Phi) is 11.5. The van der Waals surface area contributed by atoms with Crippen LogP contribution in [0.2, 0.25) is 10.0 Å². The fourth-order valence-electron chi connectivity index (χ4n) is 4.14. The summed E-state index contributed by atoms with van der Waals surface area (Å²) in [5.74, 6) is -2.29. The van der Waals surface area contributed by atoms with Crippen molar-refractivity contribution in [1.29, 1.82) is 0 Å². The van der Waals surface area contributed by atoms with E-state index in [1.807, 2.05) is 38.1 Å². The second-order valence-corrected chi connectivity index (χ2v) is 11.0. The molecule has 3 aromatic rings. The van der Waals surface area contributed by atoms with Gasteiger partial charge >= 0.3 is 5.97 Å². The van der Waals surface area contributed by atoms with Crippen molar-refractivity contribution in [2.75, 3.05) is 7.11 Å². The number of allylic oxidation sites excluding steroid dienone is 1. The molecule has 2 amide bonds. The maximum absolute atomic E-state index is 13.7. The molecule has 10 heteroatoms. The Morgan fingerprint density at radius 3 is 1.93 bits per heavy atom. The largest absolute Gasteiger partial charge is 0.493 e. The Morgan fingerprint density at radius 2 is 1.45 bits per heavy atom. The van der Waals surface area contributed by atoms with Crippen LogP contribution in [0.5, 0.6) is 11.5 Å². The van der Waals surface area contributed by atoms with E-state index < -0.39 is 29.7 Å². The van der Waals surface area contributed by atoms with Crippen LogP contribution >= 0.6 is 23.2 Å². The lowest BCUT2D eigenvalue weighted by atomic mass is 9.95. The Bertz CT molecular complexity index is 1410. The van der Waals surface area contributed by atoms with E-state index in [1.165, 1.54) is 19.4 Å². The van der Waals surface area contributed by atoms with E-state index in [0.29, 0.717) is 22.2 Å². The van der Waals surface area contributed by atoms with Gasteiger partial charge in [0.1, 0.15) is 6.04 Å². The topological polar surface area (TPSA) is 107 Å². The van der Waals surface area contributed by atoms with Crippen molar-refractivity contribution in [3.63, 3.8) is 0 Å². The first-order valence-corrected chi connectivity index (χ1v) is 14.3. The molecule has 0 aliphatic carbocycles. The lowest BCUT2D eigenvalue weighted by Gasteiger charge is -2.25. The molecule has 0 bridgehead atoms. The van der Waals surface area contributed by atoms with Gasteiger partial charge in [-0.25, -0.2) is 4.98 Å². The minimum atomic E-state index is -0.934. The van der Waals surface area contributed by atoms with Gasteiger partial charge in [0.15, 0.2) is 11.4 Å². The first kappa shape index (κ1) is 32.6. The molecule has 0 saturated carbocycles. The van der Waals surface area contributed by atoms with Gasteiger partial charge in [-0.2, -0.15) is 0 Å². The van der Waals surface area contributed by atoms with Crippen LogP contribution in [-0.2, 0) is 9.59 Å². The zero-order valence-electron chi connectivity index (χ0n) is 24.5. The smallest absolute Gasteiger partial charge is 0.313 e. The Labute approximate surface area is 256 Å². The Hall–Kier alpha value is -3.88. The number of nitrogens with one attached hydrogen (secondary N) is 2. The van der Waals surface area contributed by atoms with Crippen molar-refractivity contribution in [2.24, 2.45) is 11.8 Å². The van der Waals surface area contributed by atoms with Crippen LogP contribution in [0.15, 0.2) is 66.5 Å². The highest BCUT2D eigenvalue weighted by atomic mass is 35.5. The molecule has 0 aliphatic heterocycles. The molecule has 3 rings (SSSR count). The van der Waals surface area contributed by atoms with Crippen molar-refractivity contribution < 1.29 is 23.9 Å². The molecule has 2 atom stereocenters. The van der Waals surface area contributed by atoms with Crippen LogP contribution in [0.3, 0.4) is 0 Å². The van der Waals surface area contributed by atoms with Gasteiger partial charge in [0.2, 0.25) is 11.7 Å². The molecule has 0 spiro atoms. The van der Waals surface area contributed by atoms with Gasteiger partial charge < -0.3 is 20.1 Å².